The summed E-state index contributed by atoms with van der Waals surface area (Å²) < 4.78 is 11.9. The monoisotopic (exact) mass is 223 g/mol. The van der Waals surface area contributed by atoms with Gasteiger partial charge in [-0.25, -0.2) is 4.98 Å². The number of fused-ring (bicyclic) bond motifs is 1. The predicted octanol–water partition coefficient (Wildman–Crippen LogP) is 0.155. The van der Waals surface area contributed by atoms with Gasteiger partial charge in [0.2, 0.25) is 5.65 Å². The van der Waals surface area contributed by atoms with Crippen molar-refractivity contribution in [1.82, 2.24) is 19.6 Å². The lowest BCUT2D eigenvalue weighted by molar-refractivity contribution is -0.0914. The van der Waals surface area contributed by atoms with Gasteiger partial charge in [0.25, 0.3) is 0 Å². The Labute approximate surface area is 92.4 Å². The third kappa shape index (κ3) is 2.10. The molecule has 0 bridgehead atoms. The van der Waals surface area contributed by atoms with Crippen molar-refractivity contribution in [1.29, 1.82) is 0 Å². The highest BCUT2D eigenvalue weighted by atomic mass is 16.7. The summed E-state index contributed by atoms with van der Waals surface area (Å²) in [6, 6.07) is 0. The van der Waals surface area contributed by atoms with Crippen molar-refractivity contribution in [2.75, 3.05) is 26.1 Å². The average molecular weight is 223 g/mol. The van der Waals surface area contributed by atoms with Crippen LogP contribution in [-0.4, -0.2) is 46.6 Å². The highest BCUT2D eigenvalue weighted by molar-refractivity contribution is 5.61. The zero-order valence-electron chi connectivity index (χ0n) is 9.12. The van der Waals surface area contributed by atoms with Gasteiger partial charge in [-0.15, -0.1) is 10.2 Å². The molecule has 0 aliphatic heterocycles. The number of nitrogens with zero attached hydrogens (tertiary/aromatic N) is 4. The van der Waals surface area contributed by atoms with Crippen molar-refractivity contribution in [2.45, 2.75) is 6.29 Å². The summed E-state index contributed by atoms with van der Waals surface area (Å²) in [7, 11) is 3.17. The van der Waals surface area contributed by atoms with Crippen LogP contribution in [0.1, 0.15) is 0 Å². The van der Waals surface area contributed by atoms with Crippen LogP contribution in [0.4, 0.5) is 5.82 Å². The second-order valence-corrected chi connectivity index (χ2v) is 3.12. The van der Waals surface area contributed by atoms with Crippen molar-refractivity contribution < 1.29 is 9.47 Å². The van der Waals surface area contributed by atoms with Crippen LogP contribution in [0, 0.1) is 0 Å². The van der Waals surface area contributed by atoms with Crippen LogP contribution in [0.3, 0.4) is 0 Å². The van der Waals surface area contributed by atoms with Crippen LogP contribution in [-0.2, 0) is 9.47 Å². The fourth-order valence-electron chi connectivity index (χ4n) is 1.33. The number of hydrogen-bond acceptors (Lipinski definition) is 6. The third-order valence-electron chi connectivity index (χ3n) is 2.18. The fourth-order valence-corrected chi connectivity index (χ4v) is 1.33. The standard InChI is InChI=1S/C9H13N5O2/c1-15-7(16-2)5-11-8-9-13-12-6-14(9)4-3-10-8/h3-4,6-7H,5H2,1-2H3,(H,10,11). The molecule has 0 aliphatic rings. The summed E-state index contributed by atoms with van der Waals surface area (Å²) in [6.07, 6.45) is 4.76. The van der Waals surface area contributed by atoms with E-state index in [1.54, 1.807) is 37.3 Å². The molecule has 0 spiro atoms. The highest BCUT2D eigenvalue weighted by Gasteiger charge is 2.08. The fraction of sp³-hybridized carbons (Fsp3) is 0.444. The summed E-state index contributed by atoms with van der Waals surface area (Å²) in [5.74, 6) is 0.652. The molecule has 0 aromatic carbocycles. The molecule has 2 aromatic heterocycles. The number of ether oxygens (including phenoxy) is 2. The lowest BCUT2D eigenvalue weighted by Crippen LogP contribution is -2.24. The maximum Gasteiger partial charge on any atom is 0.203 e. The van der Waals surface area contributed by atoms with Crippen LogP contribution >= 0.6 is 0 Å². The molecule has 0 aliphatic carbocycles. The van der Waals surface area contributed by atoms with Crippen molar-refractivity contribution in [3.63, 3.8) is 0 Å². The molecule has 0 radical (unpaired) electrons. The van der Waals surface area contributed by atoms with Crippen LogP contribution in [0.25, 0.3) is 5.65 Å². The first-order valence-corrected chi connectivity index (χ1v) is 4.79. The molecule has 2 rings (SSSR count). The second kappa shape index (κ2) is 4.86. The van der Waals surface area contributed by atoms with E-state index in [9.17, 15) is 0 Å². The van der Waals surface area contributed by atoms with Crippen molar-refractivity contribution in [2.24, 2.45) is 0 Å². The van der Waals surface area contributed by atoms with E-state index in [-0.39, 0.29) is 6.29 Å². The number of rotatable bonds is 5. The lowest BCUT2D eigenvalue weighted by Gasteiger charge is -2.14. The molecule has 7 nitrogen and oxygen atoms in total. The van der Waals surface area contributed by atoms with E-state index in [1.807, 2.05) is 0 Å². The molecule has 0 fully saturated rings. The van der Waals surface area contributed by atoms with Gasteiger partial charge in [0.1, 0.15) is 6.33 Å². The maximum absolute atomic E-state index is 5.06. The third-order valence-corrected chi connectivity index (χ3v) is 2.18. The Morgan fingerprint density at radius 2 is 2.25 bits per heavy atom. The highest BCUT2D eigenvalue weighted by Crippen LogP contribution is 2.09. The molecule has 7 heteroatoms. The summed E-state index contributed by atoms with van der Waals surface area (Å²) in [5.41, 5.74) is 0.674. The maximum atomic E-state index is 5.06. The normalized spacial score (nSPS) is 11.2. The zero-order valence-corrected chi connectivity index (χ0v) is 9.12. The van der Waals surface area contributed by atoms with Gasteiger partial charge in [0.05, 0.1) is 6.54 Å². The first-order chi connectivity index (χ1) is 7.85. The van der Waals surface area contributed by atoms with Gasteiger partial charge >= 0.3 is 0 Å². The van der Waals surface area contributed by atoms with Gasteiger partial charge in [-0.3, -0.25) is 4.40 Å². The van der Waals surface area contributed by atoms with E-state index in [1.165, 1.54) is 0 Å². The van der Waals surface area contributed by atoms with E-state index in [4.69, 9.17) is 9.47 Å². The average Bonchev–Trinajstić information content (AvgIpc) is 2.79. The molecule has 0 amide bonds. The largest absolute Gasteiger partial charge is 0.362 e. The first kappa shape index (κ1) is 10.8. The SMILES string of the molecule is COC(CNc1nccn2cnnc12)OC. The predicted molar refractivity (Wildman–Crippen MR) is 57.1 cm³/mol. The molecule has 16 heavy (non-hydrogen) atoms. The number of hydrogen-bond donors (Lipinski definition) is 1. The molecule has 0 saturated carbocycles. The van der Waals surface area contributed by atoms with Gasteiger partial charge in [0, 0.05) is 26.6 Å². The van der Waals surface area contributed by atoms with Gasteiger partial charge < -0.3 is 14.8 Å². The molecule has 0 saturated heterocycles. The van der Waals surface area contributed by atoms with Crippen molar-refractivity contribution in [3.05, 3.63) is 18.7 Å². The summed E-state index contributed by atoms with van der Waals surface area (Å²) in [5, 5.41) is 10.8. The quantitative estimate of drug-likeness (QED) is 0.728. The minimum absolute atomic E-state index is 0.315. The van der Waals surface area contributed by atoms with E-state index in [0.29, 0.717) is 18.0 Å². The Kier molecular flexibility index (Phi) is 3.28. The van der Waals surface area contributed by atoms with Crippen molar-refractivity contribution in [3.8, 4) is 0 Å². The molecule has 1 N–H and O–H groups in total. The molecule has 2 aromatic rings. The molecular formula is C9H13N5O2. The van der Waals surface area contributed by atoms with Crippen LogP contribution < -0.4 is 5.32 Å². The number of anilines is 1. The van der Waals surface area contributed by atoms with Gasteiger partial charge in [-0.1, -0.05) is 0 Å². The minimum Gasteiger partial charge on any atom is -0.362 e. The van der Waals surface area contributed by atoms with Gasteiger partial charge in [-0.05, 0) is 0 Å². The summed E-state index contributed by atoms with van der Waals surface area (Å²) >= 11 is 0. The van der Waals surface area contributed by atoms with E-state index in [0.717, 1.165) is 0 Å². The molecule has 0 atom stereocenters. The first-order valence-electron chi connectivity index (χ1n) is 4.79. The topological polar surface area (TPSA) is 73.6 Å². The second-order valence-electron chi connectivity index (χ2n) is 3.12. The van der Waals surface area contributed by atoms with E-state index in [2.05, 4.69) is 20.5 Å². The molecule has 2 heterocycles. The summed E-state index contributed by atoms with van der Waals surface area (Å²) in [6.45, 7) is 0.493. The van der Waals surface area contributed by atoms with Gasteiger partial charge in [0.15, 0.2) is 12.1 Å². The Morgan fingerprint density at radius 1 is 1.44 bits per heavy atom. The Hall–Kier alpha value is -1.73. The van der Waals surface area contributed by atoms with Crippen LogP contribution in [0.5, 0.6) is 0 Å². The molecule has 86 valence electrons. The minimum atomic E-state index is -0.315. The smallest absolute Gasteiger partial charge is 0.203 e. The number of methoxy groups -OCH3 is 2. The molecule has 0 unspecified atom stereocenters. The van der Waals surface area contributed by atoms with Crippen LogP contribution in [0.2, 0.25) is 0 Å². The number of aromatic nitrogens is 4. The molecular weight excluding hydrogens is 210 g/mol. The van der Waals surface area contributed by atoms with E-state index >= 15 is 0 Å². The van der Waals surface area contributed by atoms with Gasteiger partial charge in [-0.2, -0.15) is 0 Å². The summed E-state index contributed by atoms with van der Waals surface area (Å²) in [4.78, 5) is 4.17. The Morgan fingerprint density at radius 3 is 3.00 bits per heavy atom. The Bertz CT molecular complexity index is 454. The van der Waals surface area contributed by atoms with Crippen molar-refractivity contribution >= 4 is 11.5 Å². The van der Waals surface area contributed by atoms with E-state index < -0.39 is 0 Å². The lowest BCUT2D eigenvalue weighted by atomic mass is 10.5. The van der Waals surface area contributed by atoms with Crippen LogP contribution in [0.15, 0.2) is 18.7 Å². The zero-order chi connectivity index (χ0) is 11.4. The Balaban J connectivity index is 2.11. The number of nitrogens with one attached hydrogen (secondary N) is 1.